The van der Waals surface area contributed by atoms with E-state index in [2.05, 4.69) is 54.6 Å². The number of benzene rings is 4. The van der Waals surface area contributed by atoms with Crippen LogP contribution in [0.3, 0.4) is 0 Å². The van der Waals surface area contributed by atoms with Crippen molar-refractivity contribution in [1.29, 1.82) is 0 Å². The molecule has 2 aromatic heterocycles. The van der Waals surface area contributed by atoms with Crippen LogP contribution in [0.15, 0.2) is 114 Å². The van der Waals surface area contributed by atoms with Gasteiger partial charge in [-0.1, -0.05) is 117 Å². The Kier molecular flexibility index (Phi) is 33.8. The number of carbonyl (C=O) groups excluding carboxylic acids is 1. The highest BCUT2D eigenvalue weighted by molar-refractivity contribution is 6.45. The van der Waals surface area contributed by atoms with Gasteiger partial charge in [-0.3, -0.25) is 14.7 Å². The van der Waals surface area contributed by atoms with Crippen LogP contribution >= 0.6 is 104 Å². The first kappa shape index (κ1) is 75.8. The molecule has 19 nitrogen and oxygen atoms in total. The van der Waals surface area contributed by atoms with E-state index < -0.39 is 0 Å². The van der Waals surface area contributed by atoms with Crippen molar-refractivity contribution in [3.05, 3.63) is 150 Å². The Balaban J connectivity index is 0.000000166. The number of alkyl halides is 1. The van der Waals surface area contributed by atoms with Crippen molar-refractivity contribution >= 4 is 151 Å². The summed E-state index contributed by atoms with van der Waals surface area (Å²) in [5.74, 6) is 1.15. The number of halogens is 9. The molecule has 6 aromatic rings. The second-order valence-electron chi connectivity index (χ2n) is 21.7. The van der Waals surface area contributed by atoms with E-state index in [4.69, 9.17) is 134 Å². The zero-order chi connectivity index (χ0) is 66.3. The topological polar surface area (TPSA) is 193 Å². The fourth-order valence-electron chi connectivity index (χ4n) is 10.4. The van der Waals surface area contributed by atoms with Gasteiger partial charge >= 0.3 is 0 Å². The fraction of sp³-hybridized carbons (Fsp3) is 0.446. The number of nitrogens with one attached hydrogen (secondary N) is 1. The molecule has 6 aliphatic rings. The quantitative estimate of drug-likeness (QED) is 0.0328. The number of anilines is 5. The van der Waals surface area contributed by atoms with Gasteiger partial charge in [0.15, 0.2) is 35.7 Å². The van der Waals surface area contributed by atoms with Crippen LogP contribution in [0, 0.1) is 0 Å². The number of carbonyl (C=O) groups is 1. The zero-order valence-electron chi connectivity index (χ0n) is 51.7. The molecule has 0 radical (unpaired) electrons. The number of nitrogen functional groups attached to an aromatic ring is 1. The summed E-state index contributed by atoms with van der Waals surface area (Å²) in [6, 6.07) is 29.4. The molecule has 0 bridgehead atoms. The van der Waals surface area contributed by atoms with Crippen LogP contribution in [0.4, 0.5) is 34.4 Å². The maximum atomic E-state index is 10.4. The van der Waals surface area contributed by atoms with Gasteiger partial charge in [0.1, 0.15) is 6.29 Å². The molecular weight excluding hydrogens is 1380 g/mol. The van der Waals surface area contributed by atoms with Gasteiger partial charge < -0.3 is 64.6 Å². The Morgan fingerprint density at radius 3 is 1.31 bits per heavy atom. The highest BCUT2D eigenvalue weighted by Gasteiger charge is 2.26. The molecule has 6 saturated heterocycles. The first-order valence-electron chi connectivity index (χ1n) is 30.8. The third-order valence-electron chi connectivity index (χ3n) is 15.4. The van der Waals surface area contributed by atoms with Crippen LogP contribution in [0.5, 0.6) is 11.5 Å². The summed E-state index contributed by atoms with van der Waals surface area (Å²) in [6.07, 6.45) is 8.81. The van der Waals surface area contributed by atoms with E-state index >= 15 is 0 Å². The van der Waals surface area contributed by atoms with Crippen molar-refractivity contribution in [2.75, 3.05) is 182 Å². The third kappa shape index (κ3) is 25.1. The SMILES string of the molecule is ClCC1OCCO1.Clc1cccc(N2CCN(CC3OCCO3)CC2)c1Cl.Clc1cccc(N2CCNCC2)c1Cl.Nc1ncccc1O.O=CCN1CCN(c2cccc(Cl)c2Cl)CC1.Oc1cccnc1N=CCCCCN1CCN(c2cccc(Cl)c2Cl)CC1. The van der Waals surface area contributed by atoms with Crippen molar-refractivity contribution in [1.82, 2.24) is 30.0 Å². The fourth-order valence-corrected chi connectivity index (χ4v) is 12.2. The van der Waals surface area contributed by atoms with Gasteiger partial charge in [-0.05, 0) is 98.6 Å². The van der Waals surface area contributed by atoms with Crippen molar-refractivity contribution in [2.24, 2.45) is 4.99 Å². The summed E-state index contributed by atoms with van der Waals surface area (Å²) in [5, 5.41) is 26.6. The van der Waals surface area contributed by atoms with Gasteiger partial charge in [-0.2, -0.15) is 0 Å². The first-order chi connectivity index (χ1) is 45.1. The van der Waals surface area contributed by atoms with Gasteiger partial charge in [-0.15, -0.1) is 11.6 Å². The number of aromatic nitrogens is 2. The van der Waals surface area contributed by atoms with E-state index in [0.717, 1.165) is 166 Å². The number of ether oxygens (including phenoxy) is 4. The molecule has 6 aliphatic heterocycles. The van der Waals surface area contributed by atoms with Crippen LogP contribution in [0.1, 0.15) is 19.3 Å². The molecule has 0 spiro atoms. The molecule has 12 rings (SSSR count). The van der Waals surface area contributed by atoms with E-state index in [-0.39, 0.29) is 29.9 Å². The van der Waals surface area contributed by atoms with E-state index in [1.807, 2.05) is 72.9 Å². The Labute approximate surface area is 591 Å². The molecule has 0 aliphatic carbocycles. The minimum atomic E-state index is -0.137. The van der Waals surface area contributed by atoms with Crippen LogP contribution in [0.2, 0.25) is 40.2 Å². The Hall–Kier alpha value is -4.59. The minimum absolute atomic E-state index is 0.0347. The summed E-state index contributed by atoms with van der Waals surface area (Å²) in [4.78, 5) is 38.3. The average molecular weight is 1460 g/mol. The van der Waals surface area contributed by atoms with E-state index in [1.54, 1.807) is 30.5 Å². The highest BCUT2D eigenvalue weighted by atomic mass is 35.5. The smallest absolute Gasteiger partial charge is 0.194 e. The van der Waals surface area contributed by atoms with E-state index in [9.17, 15) is 9.90 Å². The van der Waals surface area contributed by atoms with Crippen molar-refractivity contribution in [2.45, 2.75) is 31.8 Å². The molecule has 0 unspecified atom stereocenters. The molecule has 0 amide bonds. The number of piperazine rings is 4. The van der Waals surface area contributed by atoms with Gasteiger partial charge in [0.25, 0.3) is 0 Å². The average Bonchev–Trinajstić information content (AvgIpc) is 1.45. The predicted octanol–water partition coefficient (Wildman–Crippen LogP) is 13.0. The van der Waals surface area contributed by atoms with Gasteiger partial charge in [0.2, 0.25) is 0 Å². The van der Waals surface area contributed by atoms with Gasteiger partial charge in [0, 0.05) is 130 Å². The predicted molar refractivity (Wildman–Crippen MR) is 383 cm³/mol. The van der Waals surface area contributed by atoms with Crippen molar-refractivity contribution in [3.8, 4) is 11.5 Å². The lowest BCUT2D eigenvalue weighted by atomic mass is 10.2. The number of unbranched alkanes of at least 4 members (excludes halogenated alkanes) is 2. The van der Waals surface area contributed by atoms with E-state index in [1.165, 1.54) is 12.3 Å². The lowest BCUT2D eigenvalue weighted by molar-refractivity contribution is -0.108. The Morgan fingerprint density at radius 2 is 0.914 bits per heavy atom. The number of pyridine rings is 2. The molecule has 6 fully saturated rings. The molecule has 28 heteroatoms. The molecule has 0 saturated carbocycles. The second-order valence-corrected chi connectivity index (χ2v) is 25.1. The van der Waals surface area contributed by atoms with Crippen LogP contribution < -0.4 is 30.7 Å². The lowest BCUT2D eigenvalue weighted by Crippen LogP contribution is -2.48. The summed E-state index contributed by atoms with van der Waals surface area (Å²) in [5.41, 5.74) is 9.22. The molecule has 5 N–H and O–H groups in total. The van der Waals surface area contributed by atoms with Crippen LogP contribution in [-0.4, -0.2) is 217 Å². The molecule has 0 atom stereocenters. The van der Waals surface area contributed by atoms with Crippen LogP contribution in [-0.2, 0) is 23.7 Å². The zero-order valence-corrected chi connectivity index (χ0v) is 58.5. The second kappa shape index (κ2) is 41.5. The molecular formula is C65H81Cl9N12O7. The van der Waals surface area contributed by atoms with Crippen molar-refractivity contribution < 1.29 is 34.0 Å². The molecule has 8 heterocycles. The third-order valence-corrected chi connectivity index (χ3v) is 18.9. The summed E-state index contributed by atoms with van der Waals surface area (Å²) in [7, 11) is 0. The van der Waals surface area contributed by atoms with Gasteiger partial charge in [-0.25, -0.2) is 15.0 Å². The number of nitrogens with zero attached hydrogens (tertiary/aromatic N) is 10. The number of rotatable bonds is 15. The number of aldehydes is 1. The number of hydrogen-bond acceptors (Lipinski definition) is 19. The highest BCUT2D eigenvalue weighted by Crippen LogP contribution is 2.36. The normalized spacial score (nSPS) is 17.4. The van der Waals surface area contributed by atoms with E-state index in [0.29, 0.717) is 84.9 Å². The maximum absolute atomic E-state index is 10.4. The summed E-state index contributed by atoms with van der Waals surface area (Å²) < 4.78 is 20.9. The monoisotopic (exact) mass is 1460 g/mol. The van der Waals surface area contributed by atoms with Crippen LogP contribution in [0.25, 0.3) is 0 Å². The Bertz CT molecular complexity index is 3180. The number of nitrogens with two attached hydrogens (primary N) is 1. The van der Waals surface area contributed by atoms with Gasteiger partial charge in [0.05, 0.1) is 102 Å². The molecule has 93 heavy (non-hydrogen) atoms. The minimum Gasteiger partial charge on any atom is -0.504 e. The summed E-state index contributed by atoms with van der Waals surface area (Å²) in [6.45, 7) is 20.5. The lowest BCUT2D eigenvalue weighted by Gasteiger charge is -2.37. The number of aromatic hydroxyl groups is 2. The standard InChI is InChI=1S/C20H24Cl2N4O.C14H18Cl2N2O2.C12H14Cl2N2O.C10H12Cl2N2.C5H6N2O.C4H7ClO2/c21-16-6-4-7-17(19(16)22)26-14-12-25(13-15-26)11-3-1-2-9-23-20-18(27)8-5-10-24-20;15-11-2-1-3-12(14(11)16)18-6-4-17(5-7-18)10-13-19-8-9-20-13;13-10-2-1-3-11(12(10)14)16-6-4-15(5-7-16)8-9-17;11-8-2-1-3-9(10(8)12)14-6-4-13-5-7-14;6-5-4(8)2-1-3-7-5;5-3-4-6-1-2-7-4/h4-10,27H,1-3,11-15H2;1-3,13H,4-10H2;1-3,9H,4-8H2;1-3,13H,4-7H2;1-3,8H,(H2,6,7);4H,1-3H2. The molecule has 506 valence electrons. The molecule has 4 aromatic carbocycles. The van der Waals surface area contributed by atoms with Crippen molar-refractivity contribution in [3.63, 3.8) is 0 Å². The Morgan fingerprint density at radius 1 is 0.505 bits per heavy atom. The maximum Gasteiger partial charge on any atom is 0.194 e. The number of hydrogen-bond donors (Lipinski definition) is 4. The largest absolute Gasteiger partial charge is 0.504 e. The number of aliphatic imine (C=N–C) groups is 1. The first-order valence-corrected chi connectivity index (χ1v) is 34.3. The summed E-state index contributed by atoms with van der Waals surface area (Å²) >= 11 is 54.4.